The van der Waals surface area contributed by atoms with E-state index in [1.165, 1.54) is 13.2 Å². The summed E-state index contributed by atoms with van der Waals surface area (Å²) in [5, 5.41) is 0. The van der Waals surface area contributed by atoms with Crippen molar-refractivity contribution in [3.05, 3.63) is 77.9 Å². The number of rotatable bonds is 4. The number of hydrogen-bond acceptors (Lipinski definition) is 5. The van der Waals surface area contributed by atoms with Gasteiger partial charge in [0, 0.05) is 17.2 Å². The first kappa shape index (κ1) is 15.7. The number of methoxy groups -OCH3 is 1. The fourth-order valence-electron chi connectivity index (χ4n) is 2.39. The summed E-state index contributed by atoms with van der Waals surface area (Å²) in [6, 6.07) is 17.4. The van der Waals surface area contributed by atoms with Crippen LogP contribution in [-0.4, -0.2) is 31.0 Å². The minimum atomic E-state index is -0.901. The van der Waals surface area contributed by atoms with Gasteiger partial charge in [0.25, 0.3) is 0 Å². The molecule has 5 nitrogen and oxygen atoms in total. The molecule has 24 heavy (non-hydrogen) atoms. The number of benzene rings is 2. The highest BCUT2D eigenvalue weighted by Crippen LogP contribution is 2.26. The number of aliphatic imine (C=N–C) groups is 1. The average molecular weight is 321 g/mol. The van der Waals surface area contributed by atoms with Crippen molar-refractivity contribution in [3.8, 4) is 0 Å². The van der Waals surface area contributed by atoms with E-state index in [4.69, 9.17) is 9.47 Å². The predicted molar refractivity (Wildman–Crippen MR) is 89.3 cm³/mol. The standard InChI is InChI=1S/C19H15NO4/c1-23-16(21)12-15(13-8-4-2-5-9-13)17-19(22)24-18(20-17)14-10-6-3-7-11-14/h2-12,17H,1H3. The van der Waals surface area contributed by atoms with Gasteiger partial charge in [-0.3, -0.25) is 0 Å². The maximum absolute atomic E-state index is 12.3. The van der Waals surface area contributed by atoms with Gasteiger partial charge in [-0.25, -0.2) is 14.6 Å². The summed E-state index contributed by atoms with van der Waals surface area (Å²) in [6.07, 6.45) is 1.28. The van der Waals surface area contributed by atoms with E-state index >= 15 is 0 Å². The first-order chi connectivity index (χ1) is 11.7. The number of carbonyl (C=O) groups is 2. The van der Waals surface area contributed by atoms with Gasteiger partial charge in [-0.1, -0.05) is 48.5 Å². The van der Waals surface area contributed by atoms with Crippen LogP contribution in [0.2, 0.25) is 0 Å². The Morgan fingerprint density at radius 2 is 1.71 bits per heavy atom. The molecule has 120 valence electrons. The smallest absolute Gasteiger partial charge is 0.342 e. The minimum Gasteiger partial charge on any atom is -0.466 e. The summed E-state index contributed by atoms with van der Waals surface area (Å²) in [5.74, 6) is -0.824. The van der Waals surface area contributed by atoms with E-state index in [1.54, 1.807) is 24.3 Å². The first-order valence-electron chi connectivity index (χ1n) is 7.39. The van der Waals surface area contributed by atoms with Crippen LogP contribution in [0, 0.1) is 0 Å². The maximum atomic E-state index is 12.3. The van der Waals surface area contributed by atoms with Gasteiger partial charge in [-0.2, -0.15) is 0 Å². The van der Waals surface area contributed by atoms with Crippen LogP contribution in [0.4, 0.5) is 0 Å². The fourth-order valence-corrected chi connectivity index (χ4v) is 2.39. The normalized spacial score (nSPS) is 17.2. The highest BCUT2D eigenvalue weighted by molar-refractivity contribution is 6.12. The summed E-state index contributed by atoms with van der Waals surface area (Å²) < 4.78 is 9.99. The molecule has 0 bridgehead atoms. The fraction of sp³-hybridized carbons (Fsp3) is 0.105. The van der Waals surface area contributed by atoms with Crippen molar-refractivity contribution in [3.63, 3.8) is 0 Å². The summed E-state index contributed by atoms with van der Waals surface area (Å²) in [4.78, 5) is 28.4. The van der Waals surface area contributed by atoms with Gasteiger partial charge in [0.15, 0.2) is 6.04 Å². The molecule has 1 heterocycles. The topological polar surface area (TPSA) is 65.0 Å². The second kappa shape index (κ2) is 6.91. The van der Waals surface area contributed by atoms with Crippen molar-refractivity contribution in [2.24, 2.45) is 4.99 Å². The number of nitrogens with zero attached hydrogens (tertiary/aromatic N) is 1. The largest absolute Gasteiger partial charge is 0.466 e. The van der Waals surface area contributed by atoms with Gasteiger partial charge in [-0.15, -0.1) is 0 Å². The van der Waals surface area contributed by atoms with Crippen molar-refractivity contribution in [1.29, 1.82) is 0 Å². The van der Waals surface area contributed by atoms with Gasteiger partial charge in [-0.05, 0) is 17.7 Å². The molecule has 0 amide bonds. The molecule has 0 fully saturated rings. The third-order valence-electron chi connectivity index (χ3n) is 3.56. The third-order valence-corrected chi connectivity index (χ3v) is 3.56. The Morgan fingerprint density at radius 3 is 2.33 bits per heavy atom. The molecular formula is C19H15NO4. The van der Waals surface area contributed by atoms with E-state index in [9.17, 15) is 9.59 Å². The number of hydrogen-bond donors (Lipinski definition) is 0. The molecule has 1 atom stereocenters. The average Bonchev–Trinajstić information content (AvgIpc) is 3.02. The second-order valence-electron chi connectivity index (χ2n) is 5.11. The lowest BCUT2D eigenvalue weighted by atomic mass is 9.98. The zero-order valence-corrected chi connectivity index (χ0v) is 13.0. The molecule has 2 aromatic carbocycles. The Bertz CT molecular complexity index is 810. The molecule has 0 saturated heterocycles. The summed E-state index contributed by atoms with van der Waals surface area (Å²) in [5.41, 5.74) is 1.86. The van der Waals surface area contributed by atoms with E-state index in [1.807, 2.05) is 36.4 Å². The van der Waals surface area contributed by atoms with Crippen molar-refractivity contribution >= 4 is 23.4 Å². The van der Waals surface area contributed by atoms with Crippen LogP contribution >= 0.6 is 0 Å². The Morgan fingerprint density at radius 1 is 1.08 bits per heavy atom. The minimum absolute atomic E-state index is 0.247. The Kier molecular flexibility index (Phi) is 4.52. The van der Waals surface area contributed by atoms with Crippen molar-refractivity contribution in [1.82, 2.24) is 0 Å². The monoisotopic (exact) mass is 321 g/mol. The molecule has 2 aromatic rings. The Balaban J connectivity index is 2.02. The van der Waals surface area contributed by atoms with Crippen LogP contribution in [-0.2, 0) is 19.1 Å². The van der Waals surface area contributed by atoms with Crippen LogP contribution in [0.15, 0.2) is 71.7 Å². The molecule has 0 saturated carbocycles. The maximum Gasteiger partial charge on any atom is 0.342 e. The zero-order chi connectivity index (χ0) is 16.9. The molecular weight excluding hydrogens is 306 g/mol. The van der Waals surface area contributed by atoms with E-state index in [-0.39, 0.29) is 5.90 Å². The lowest BCUT2D eigenvalue weighted by Gasteiger charge is -2.09. The molecule has 1 aliphatic heterocycles. The number of ether oxygens (including phenoxy) is 2. The van der Waals surface area contributed by atoms with Crippen molar-refractivity contribution in [2.75, 3.05) is 7.11 Å². The summed E-state index contributed by atoms with van der Waals surface area (Å²) in [6.45, 7) is 0. The molecule has 1 aliphatic rings. The Hall–Kier alpha value is -3.21. The van der Waals surface area contributed by atoms with Gasteiger partial charge in [0.1, 0.15) is 0 Å². The highest BCUT2D eigenvalue weighted by Gasteiger charge is 2.34. The summed E-state index contributed by atoms with van der Waals surface area (Å²) in [7, 11) is 1.28. The van der Waals surface area contributed by atoms with Gasteiger partial charge in [0.05, 0.1) is 7.11 Å². The quantitative estimate of drug-likeness (QED) is 0.641. The lowest BCUT2D eigenvalue weighted by Crippen LogP contribution is -2.18. The van der Waals surface area contributed by atoms with Gasteiger partial charge in [0.2, 0.25) is 5.90 Å². The van der Waals surface area contributed by atoms with Crippen LogP contribution in [0.3, 0.4) is 0 Å². The van der Waals surface area contributed by atoms with Crippen LogP contribution in [0.5, 0.6) is 0 Å². The lowest BCUT2D eigenvalue weighted by molar-refractivity contribution is -0.134. The van der Waals surface area contributed by atoms with Crippen LogP contribution in [0.1, 0.15) is 11.1 Å². The van der Waals surface area contributed by atoms with E-state index in [0.717, 1.165) is 0 Å². The zero-order valence-electron chi connectivity index (χ0n) is 13.0. The van der Waals surface area contributed by atoms with Crippen LogP contribution < -0.4 is 0 Å². The molecule has 0 spiro atoms. The van der Waals surface area contributed by atoms with Crippen molar-refractivity contribution in [2.45, 2.75) is 6.04 Å². The van der Waals surface area contributed by atoms with E-state index in [2.05, 4.69) is 4.99 Å². The number of esters is 2. The molecule has 1 unspecified atom stereocenters. The third kappa shape index (κ3) is 3.25. The highest BCUT2D eigenvalue weighted by atomic mass is 16.6. The van der Waals surface area contributed by atoms with Gasteiger partial charge >= 0.3 is 11.9 Å². The van der Waals surface area contributed by atoms with Crippen LogP contribution in [0.25, 0.3) is 5.57 Å². The van der Waals surface area contributed by atoms with Gasteiger partial charge < -0.3 is 9.47 Å². The molecule has 5 heteroatoms. The molecule has 0 N–H and O–H groups in total. The SMILES string of the molecule is COC(=O)C=C(c1ccccc1)C1N=C(c2ccccc2)OC1=O. The summed E-state index contributed by atoms with van der Waals surface area (Å²) >= 11 is 0. The molecule has 3 rings (SSSR count). The number of cyclic esters (lactones) is 1. The molecule has 0 aromatic heterocycles. The predicted octanol–water partition coefficient (Wildman–Crippen LogP) is 2.62. The van der Waals surface area contributed by atoms with E-state index in [0.29, 0.717) is 16.7 Å². The Labute approximate surface area is 139 Å². The van der Waals surface area contributed by atoms with E-state index < -0.39 is 18.0 Å². The van der Waals surface area contributed by atoms with Crippen molar-refractivity contribution < 1.29 is 19.1 Å². The first-order valence-corrected chi connectivity index (χ1v) is 7.39. The number of carbonyl (C=O) groups excluding carboxylic acids is 2. The second-order valence-corrected chi connectivity index (χ2v) is 5.11. The molecule has 0 radical (unpaired) electrons. The molecule has 0 aliphatic carbocycles.